The van der Waals surface area contributed by atoms with Crippen molar-refractivity contribution >= 4 is 17.4 Å². The van der Waals surface area contributed by atoms with E-state index < -0.39 is 0 Å². The van der Waals surface area contributed by atoms with Crippen molar-refractivity contribution in [3.63, 3.8) is 0 Å². The van der Waals surface area contributed by atoms with Crippen molar-refractivity contribution in [2.75, 3.05) is 10.6 Å². The molecule has 0 radical (unpaired) electrons. The molecule has 0 fully saturated rings. The minimum Gasteiger partial charge on any atom is -0.366 e. The number of hydrogen-bond acceptors (Lipinski definition) is 4. The van der Waals surface area contributed by atoms with Crippen LogP contribution in [0.25, 0.3) is 0 Å². The van der Waals surface area contributed by atoms with Gasteiger partial charge in [-0.25, -0.2) is 9.97 Å². The van der Waals surface area contributed by atoms with E-state index in [1.54, 1.807) is 13.0 Å². The van der Waals surface area contributed by atoms with Gasteiger partial charge in [-0.2, -0.15) is 0 Å². The van der Waals surface area contributed by atoms with Crippen LogP contribution >= 0.6 is 0 Å². The molecule has 0 spiro atoms. The number of nitrogens with one attached hydrogen (secondary N) is 2. The molecule has 1 aromatic heterocycles. The van der Waals surface area contributed by atoms with E-state index in [1.807, 2.05) is 32.0 Å². The van der Waals surface area contributed by atoms with Crippen LogP contribution in [0.5, 0.6) is 0 Å². The Morgan fingerprint density at radius 1 is 0.889 bits per heavy atom. The second kappa shape index (κ2) is 7.99. The third-order valence-corrected chi connectivity index (χ3v) is 4.29. The van der Waals surface area contributed by atoms with Gasteiger partial charge >= 0.3 is 0 Å². The van der Waals surface area contributed by atoms with E-state index in [9.17, 15) is 4.79 Å². The van der Waals surface area contributed by atoms with Crippen LogP contribution in [0.4, 0.5) is 11.5 Å². The predicted octanol–water partition coefficient (Wildman–Crippen LogP) is 4.57. The Balaban J connectivity index is 1.73. The van der Waals surface area contributed by atoms with Gasteiger partial charge in [0.15, 0.2) is 0 Å². The van der Waals surface area contributed by atoms with Gasteiger partial charge in [-0.3, -0.25) is 4.79 Å². The molecule has 0 aliphatic rings. The topological polar surface area (TPSA) is 66.9 Å². The van der Waals surface area contributed by atoms with Crippen molar-refractivity contribution in [3.8, 4) is 0 Å². The molecule has 0 bridgehead atoms. The van der Waals surface area contributed by atoms with E-state index >= 15 is 0 Å². The number of aromatic nitrogens is 2. The second-order valence-electron chi connectivity index (χ2n) is 6.80. The summed E-state index contributed by atoms with van der Waals surface area (Å²) in [6.45, 7) is 8.48. The third kappa shape index (κ3) is 4.91. The van der Waals surface area contributed by atoms with Crippen molar-refractivity contribution in [2.45, 2.75) is 34.2 Å². The van der Waals surface area contributed by atoms with Crippen molar-refractivity contribution < 1.29 is 4.79 Å². The number of carbonyl (C=O) groups excluding carboxylic acids is 1. The molecule has 5 nitrogen and oxygen atoms in total. The van der Waals surface area contributed by atoms with Gasteiger partial charge in [-0.15, -0.1) is 0 Å². The molecule has 2 aromatic carbocycles. The maximum absolute atomic E-state index is 12.6. The van der Waals surface area contributed by atoms with Crippen LogP contribution in [0.3, 0.4) is 0 Å². The predicted molar refractivity (Wildman–Crippen MR) is 109 cm³/mol. The SMILES string of the molecule is Cc1ccc(CNc2cc(C(=O)Nc3ccc(C)cc3C)nc(C)n2)cc1. The molecule has 2 N–H and O–H groups in total. The molecular weight excluding hydrogens is 336 g/mol. The first-order valence-corrected chi connectivity index (χ1v) is 8.94. The molecule has 0 saturated heterocycles. The average molecular weight is 360 g/mol. The van der Waals surface area contributed by atoms with Crippen LogP contribution in [-0.4, -0.2) is 15.9 Å². The molecule has 0 atom stereocenters. The zero-order valence-corrected chi connectivity index (χ0v) is 16.1. The van der Waals surface area contributed by atoms with Gasteiger partial charge in [0.2, 0.25) is 0 Å². The van der Waals surface area contributed by atoms with Gasteiger partial charge in [-0.05, 0) is 44.9 Å². The largest absolute Gasteiger partial charge is 0.366 e. The van der Waals surface area contributed by atoms with Crippen LogP contribution in [0, 0.1) is 27.7 Å². The maximum Gasteiger partial charge on any atom is 0.274 e. The monoisotopic (exact) mass is 360 g/mol. The highest BCUT2D eigenvalue weighted by molar-refractivity contribution is 6.03. The first-order valence-electron chi connectivity index (χ1n) is 8.94. The summed E-state index contributed by atoms with van der Waals surface area (Å²) in [6.07, 6.45) is 0. The maximum atomic E-state index is 12.6. The molecule has 3 rings (SSSR count). The van der Waals surface area contributed by atoms with Gasteiger partial charge in [0.25, 0.3) is 5.91 Å². The molecule has 5 heteroatoms. The van der Waals surface area contributed by atoms with E-state index in [1.165, 1.54) is 5.56 Å². The molecule has 0 aliphatic heterocycles. The van der Waals surface area contributed by atoms with Crippen molar-refractivity contribution in [1.82, 2.24) is 9.97 Å². The number of hydrogen-bond donors (Lipinski definition) is 2. The third-order valence-electron chi connectivity index (χ3n) is 4.29. The lowest BCUT2D eigenvalue weighted by Crippen LogP contribution is -2.16. The standard InChI is InChI=1S/C22H24N4O/c1-14-5-8-18(9-6-14)13-23-21-12-20(24-17(4)25-21)22(27)26-19-10-7-15(2)11-16(19)3/h5-12H,13H2,1-4H3,(H,26,27)(H,23,24,25). The molecule has 3 aromatic rings. The van der Waals surface area contributed by atoms with Gasteiger partial charge in [0.1, 0.15) is 17.3 Å². The Kier molecular flexibility index (Phi) is 5.50. The Morgan fingerprint density at radius 3 is 2.30 bits per heavy atom. The molecule has 0 saturated carbocycles. The summed E-state index contributed by atoms with van der Waals surface area (Å²) in [4.78, 5) is 21.3. The summed E-state index contributed by atoms with van der Waals surface area (Å²) in [7, 11) is 0. The van der Waals surface area contributed by atoms with Crippen LogP contribution < -0.4 is 10.6 Å². The summed E-state index contributed by atoms with van der Waals surface area (Å²) in [5.74, 6) is 0.939. The fraction of sp³-hybridized carbons (Fsp3) is 0.227. The lowest BCUT2D eigenvalue weighted by molar-refractivity contribution is 0.102. The van der Waals surface area contributed by atoms with E-state index in [0.717, 1.165) is 22.4 Å². The molecule has 0 unspecified atom stereocenters. The number of rotatable bonds is 5. The first-order chi connectivity index (χ1) is 12.9. The summed E-state index contributed by atoms with van der Waals surface area (Å²) < 4.78 is 0. The Hall–Kier alpha value is -3.21. The number of benzene rings is 2. The Bertz CT molecular complexity index is 965. The zero-order valence-electron chi connectivity index (χ0n) is 16.1. The van der Waals surface area contributed by atoms with E-state index in [4.69, 9.17) is 0 Å². The molecule has 0 aliphatic carbocycles. The Labute approximate surface area is 159 Å². The van der Waals surface area contributed by atoms with Crippen LogP contribution in [0.2, 0.25) is 0 Å². The van der Waals surface area contributed by atoms with Gasteiger partial charge in [-0.1, -0.05) is 47.5 Å². The molecule has 1 amide bonds. The number of aryl methyl sites for hydroxylation is 4. The molecule has 138 valence electrons. The second-order valence-corrected chi connectivity index (χ2v) is 6.80. The minimum atomic E-state index is -0.245. The van der Waals surface area contributed by atoms with Crippen LogP contribution in [0.15, 0.2) is 48.5 Å². The normalized spacial score (nSPS) is 10.5. The van der Waals surface area contributed by atoms with Gasteiger partial charge < -0.3 is 10.6 Å². The summed E-state index contributed by atoms with van der Waals surface area (Å²) >= 11 is 0. The summed E-state index contributed by atoms with van der Waals surface area (Å²) in [6, 6.07) is 15.9. The van der Waals surface area contributed by atoms with Gasteiger partial charge in [0.05, 0.1) is 0 Å². The molecular formula is C22H24N4O. The number of nitrogens with zero attached hydrogens (tertiary/aromatic N) is 2. The molecule has 27 heavy (non-hydrogen) atoms. The lowest BCUT2D eigenvalue weighted by atomic mass is 10.1. The minimum absolute atomic E-state index is 0.245. The average Bonchev–Trinajstić information content (AvgIpc) is 2.63. The Morgan fingerprint density at radius 2 is 1.59 bits per heavy atom. The lowest BCUT2D eigenvalue weighted by Gasteiger charge is -2.11. The summed E-state index contributed by atoms with van der Waals surface area (Å²) in [5, 5.41) is 6.20. The fourth-order valence-electron chi connectivity index (χ4n) is 2.81. The fourth-order valence-corrected chi connectivity index (χ4v) is 2.81. The number of carbonyl (C=O) groups is 1. The quantitative estimate of drug-likeness (QED) is 0.699. The number of anilines is 2. The smallest absolute Gasteiger partial charge is 0.274 e. The van der Waals surface area contributed by atoms with Crippen LogP contribution in [0.1, 0.15) is 38.6 Å². The van der Waals surface area contributed by atoms with E-state index in [2.05, 4.69) is 51.8 Å². The highest BCUT2D eigenvalue weighted by atomic mass is 16.1. The van der Waals surface area contributed by atoms with Crippen LogP contribution in [-0.2, 0) is 6.54 Å². The zero-order chi connectivity index (χ0) is 19.4. The first kappa shape index (κ1) is 18.6. The highest BCUT2D eigenvalue weighted by Gasteiger charge is 2.12. The van der Waals surface area contributed by atoms with Crippen molar-refractivity contribution in [2.24, 2.45) is 0 Å². The van der Waals surface area contributed by atoms with E-state index in [0.29, 0.717) is 23.9 Å². The van der Waals surface area contributed by atoms with Gasteiger partial charge in [0, 0.05) is 18.3 Å². The van der Waals surface area contributed by atoms with E-state index in [-0.39, 0.29) is 5.91 Å². The van der Waals surface area contributed by atoms with Crippen molar-refractivity contribution in [1.29, 1.82) is 0 Å². The summed E-state index contributed by atoms with van der Waals surface area (Å²) in [5.41, 5.74) is 5.68. The molecule has 1 heterocycles. The number of amides is 1. The highest BCUT2D eigenvalue weighted by Crippen LogP contribution is 2.17. The van der Waals surface area contributed by atoms with Crippen molar-refractivity contribution in [3.05, 3.63) is 82.3 Å².